The normalized spacial score (nSPS) is 11.2. The number of rotatable bonds is 3. The van der Waals surface area contributed by atoms with Crippen LogP contribution in [0, 0.1) is 0 Å². The first-order chi connectivity index (χ1) is 9.77. The highest BCUT2D eigenvalue weighted by Crippen LogP contribution is 2.26. The van der Waals surface area contributed by atoms with E-state index in [0.29, 0.717) is 11.5 Å². The fourth-order valence-corrected chi connectivity index (χ4v) is 1.88. The topological polar surface area (TPSA) is 88.2 Å². The number of hydrogen-bond acceptors (Lipinski definition) is 4. The molecule has 2 aromatic rings. The summed E-state index contributed by atoms with van der Waals surface area (Å²) >= 11 is 0. The van der Waals surface area contributed by atoms with E-state index in [9.17, 15) is 4.79 Å². The first-order valence-corrected chi connectivity index (χ1v) is 6.65. The van der Waals surface area contributed by atoms with Crippen molar-refractivity contribution in [3.63, 3.8) is 0 Å². The Balaban J connectivity index is 2.26. The molecule has 0 radical (unpaired) electrons. The average molecular weight is 285 g/mol. The largest absolute Gasteiger partial charge is 0.477 e. The van der Waals surface area contributed by atoms with E-state index in [4.69, 9.17) is 10.8 Å². The van der Waals surface area contributed by atoms with E-state index in [1.807, 2.05) is 24.3 Å². The average Bonchev–Trinajstić information content (AvgIpc) is 2.40. The maximum absolute atomic E-state index is 10.9. The zero-order valence-electron chi connectivity index (χ0n) is 12.3. The fourth-order valence-electron chi connectivity index (χ4n) is 1.88. The number of nitrogen functional groups attached to an aromatic ring is 1. The number of carboxylic acid groups (broad SMARTS) is 1. The van der Waals surface area contributed by atoms with Gasteiger partial charge in [-0.25, -0.2) is 9.78 Å². The quantitative estimate of drug-likeness (QED) is 0.804. The molecule has 0 atom stereocenters. The van der Waals surface area contributed by atoms with Crippen LogP contribution >= 0.6 is 0 Å². The molecule has 21 heavy (non-hydrogen) atoms. The zero-order valence-corrected chi connectivity index (χ0v) is 12.3. The number of carboxylic acids is 1. The third kappa shape index (κ3) is 3.51. The summed E-state index contributed by atoms with van der Waals surface area (Å²) in [6, 6.07) is 10.8. The summed E-state index contributed by atoms with van der Waals surface area (Å²) in [5.41, 5.74) is 8.29. The molecule has 0 spiro atoms. The van der Waals surface area contributed by atoms with E-state index in [0.717, 1.165) is 5.69 Å². The van der Waals surface area contributed by atoms with Gasteiger partial charge >= 0.3 is 5.97 Å². The number of anilines is 3. The lowest BCUT2D eigenvalue weighted by molar-refractivity contribution is 0.0690. The third-order valence-corrected chi connectivity index (χ3v) is 3.16. The smallest absolute Gasteiger partial charge is 0.354 e. The Labute approximate surface area is 123 Å². The molecule has 4 N–H and O–H groups in total. The summed E-state index contributed by atoms with van der Waals surface area (Å²) < 4.78 is 0. The number of nitrogens with zero attached hydrogens (tertiary/aromatic N) is 1. The van der Waals surface area contributed by atoms with Crippen LogP contribution in [-0.2, 0) is 5.41 Å². The van der Waals surface area contributed by atoms with Crippen molar-refractivity contribution >= 4 is 23.2 Å². The van der Waals surface area contributed by atoms with Crippen LogP contribution in [0.3, 0.4) is 0 Å². The monoisotopic (exact) mass is 285 g/mol. The second-order valence-corrected chi connectivity index (χ2v) is 5.89. The van der Waals surface area contributed by atoms with Crippen molar-refractivity contribution in [1.29, 1.82) is 0 Å². The van der Waals surface area contributed by atoms with Gasteiger partial charge in [-0.1, -0.05) is 32.9 Å². The van der Waals surface area contributed by atoms with Crippen molar-refractivity contribution in [2.45, 2.75) is 26.2 Å². The van der Waals surface area contributed by atoms with Gasteiger partial charge in [0.05, 0.1) is 5.69 Å². The van der Waals surface area contributed by atoms with E-state index >= 15 is 0 Å². The molecule has 0 fully saturated rings. The Morgan fingerprint density at radius 3 is 2.29 bits per heavy atom. The number of benzene rings is 1. The lowest BCUT2D eigenvalue weighted by Crippen LogP contribution is -2.10. The number of hydrogen-bond donors (Lipinski definition) is 3. The molecule has 0 unspecified atom stereocenters. The Bertz CT molecular complexity index is 658. The first-order valence-electron chi connectivity index (χ1n) is 6.65. The maximum atomic E-state index is 10.9. The van der Waals surface area contributed by atoms with E-state index in [2.05, 4.69) is 31.1 Å². The highest BCUT2D eigenvalue weighted by atomic mass is 16.4. The van der Waals surface area contributed by atoms with Crippen molar-refractivity contribution in [1.82, 2.24) is 4.98 Å². The third-order valence-electron chi connectivity index (χ3n) is 3.16. The summed E-state index contributed by atoms with van der Waals surface area (Å²) in [7, 11) is 0. The Morgan fingerprint density at radius 2 is 1.76 bits per heavy atom. The standard InChI is InChI=1S/C16H19N3O2/c1-16(2,3)10-4-6-11(7-5-10)18-14-12(17)8-9-13(19-14)15(20)21/h4-9H,17H2,1-3H3,(H,18,19)(H,20,21). The highest BCUT2D eigenvalue weighted by Gasteiger charge is 2.13. The molecule has 2 rings (SSSR count). The molecular formula is C16H19N3O2. The summed E-state index contributed by atoms with van der Waals surface area (Å²) in [6.45, 7) is 6.43. The van der Waals surface area contributed by atoms with Gasteiger partial charge < -0.3 is 16.2 Å². The Kier molecular flexibility index (Phi) is 3.84. The van der Waals surface area contributed by atoms with Crippen LogP contribution < -0.4 is 11.1 Å². The molecule has 110 valence electrons. The van der Waals surface area contributed by atoms with Gasteiger partial charge in [0.1, 0.15) is 0 Å². The molecule has 0 bridgehead atoms. The Hall–Kier alpha value is -2.56. The molecule has 0 saturated carbocycles. The van der Waals surface area contributed by atoms with Crippen molar-refractivity contribution in [3.05, 3.63) is 47.7 Å². The number of nitrogens with one attached hydrogen (secondary N) is 1. The van der Waals surface area contributed by atoms with E-state index in [1.54, 1.807) is 0 Å². The molecule has 0 aliphatic rings. The second kappa shape index (κ2) is 5.44. The fraction of sp³-hybridized carbons (Fsp3) is 0.250. The van der Waals surface area contributed by atoms with E-state index in [1.165, 1.54) is 17.7 Å². The summed E-state index contributed by atoms with van der Waals surface area (Å²) in [5.74, 6) is -0.737. The van der Waals surface area contributed by atoms with Crippen LogP contribution in [0.2, 0.25) is 0 Å². The van der Waals surface area contributed by atoms with Crippen molar-refractivity contribution in [3.8, 4) is 0 Å². The SMILES string of the molecule is CC(C)(C)c1ccc(Nc2nc(C(=O)O)ccc2N)cc1. The van der Waals surface area contributed by atoms with Gasteiger partial charge in [-0.2, -0.15) is 0 Å². The summed E-state index contributed by atoms with van der Waals surface area (Å²) in [5, 5.41) is 12.0. The molecule has 1 aromatic heterocycles. The lowest BCUT2D eigenvalue weighted by Gasteiger charge is -2.19. The highest BCUT2D eigenvalue weighted by molar-refractivity contribution is 5.87. The van der Waals surface area contributed by atoms with Crippen LogP contribution in [-0.4, -0.2) is 16.1 Å². The molecule has 1 heterocycles. The molecule has 5 heteroatoms. The number of nitrogens with two attached hydrogens (primary N) is 1. The molecule has 5 nitrogen and oxygen atoms in total. The predicted octanol–water partition coefficient (Wildman–Crippen LogP) is 3.40. The van der Waals surface area contributed by atoms with Crippen LogP contribution in [0.25, 0.3) is 0 Å². The van der Waals surface area contributed by atoms with Gasteiger partial charge in [0, 0.05) is 5.69 Å². The van der Waals surface area contributed by atoms with E-state index in [-0.39, 0.29) is 11.1 Å². The number of aromatic nitrogens is 1. The Morgan fingerprint density at radius 1 is 1.14 bits per heavy atom. The number of carbonyl (C=O) groups is 1. The molecule has 0 amide bonds. The van der Waals surface area contributed by atoms with Crippen molar-refractivity contribution in [2.24, 2.45) is 0 Å². The van der Waals surface area contributed by atoms with E-state index < -0.39 is 5.97 Å². The number of aromatic carboxylic acids is 1. The second-order valence-electron chi connectivity index (χ2n) is 5.89. The minimum absolute atomic E-state index is 0.0435. The number of pyridine rings is 1. The summed E-state index contributed by atoms with van der Waals surface area (Å²) in [6.07, 6.45) is 0. The van der Waals surface area contributed by atoms with Crippen LogP contribution in [0.5, 0.6) is 0 Å². The van der Waals surface area contributed by atoms with Gasteiger partial charge in [0.2, 0.25) is 0 Å². The first kappa shape index (κ1) is 14.8. The van der Waals surface area contributed by atoms with Crippen LogP contribution in [0.1, 0.15) is 36.8 Å². The van der Waals surface area contributed by atoms with Crippen molar-refractivity contribution in [2.75, 3.05) is 11.1 Å². The molecule has 0 saturated heterocycles. The van der Waals surface area contributed by atoms with Gasteiger partial charge in [0.15, 0.2) is 11.5 Å². The van der Waals surface area contributed by atoms with Crippen LogP contribution in [0.4, 0.5) is 17.2 Å². The lowest BCUT2D eigenvalue weighted by atomic mass is 9.87. The molecule has 0 aliphatic heterocycles. The summed E-state index contributed by atoms with van der Waals surface area (Å²) in [4.78, 5) is 14.9. The minimum atomic E-state index is -1.08. The van der Waals surface area contributed by atoms with Gasteiger partial charge in [-0.05, 0) is 35.2 Å². The van der Waals surface area contributed by atoms with Gasteiger partial charge in [-0.15, -0.1) is 0 Å². The predicted molar refractivity (Wildman–Crippen MR) is 84.0 cm³/mol. The molecular weight excluding hydrogens is 266 g/mol. The molecule has 1 aromatic carbocycles. The maximum Gasteiger partial charge on any atom is 0.354 e. The van der Waals surface area contributed by atoms with Crippen LogP contribution in [0.15, 0.2) is 36.4 Å². The van der Waals surface area contributed by atoms with Gasteiger partial charge in [0.25, 0.3) is 0 Å². The minimum Gasteiger partial charge on any atom is -0.477 e. The zero-order chi connectivity index (χ0) is 15.6. The van der Waals surface area contributed by atoms with Crippen molar-refractivity contribution < 1.29 is 9.90 Å². The molecule has 0 aliphatic carbocycles. The van der Waals surface area contributed by atoms with Gasteiger partial charge in [-0.3, -0.25) is 0 Å².